The normalized spacial score (nSPS) is 13.0. The zero-order chi connectivity index (χ0) is 9.10. The molecule has 2 heterocycles. The van der Waals surface area contributed by atoms with Gasteiger partial charge >= 0.3 is 0 Å². The van der Waals surface area contributed by atoms with E-state index in [2.05, 4.69) is 16.8 Å². The van der Waals surface area contributed by atoms with Crippen LogP contribution in [-0.2, 0) is 0 Å². The quantitative estimate of drug-likeness (QED) is 0.813. The molecule has 1 atom stereocenters. The summed E-state index contributed by atoms with van der Waals surface area (Å²) in [6.07, 6.45) is 1.68. The monoisotopic (exact) mass is 193 g/mol. The van der Waals surface area contributed by atoms with Crippen molar-refractivity contribution >= 4 is 11.3 Å². The van der Waals surface area contributed by atoms with E-state index in [1.165, 1.54) is 5.56 Å². The van der Waals surface area contributed by atoms with E-state index in [0.29, 0.717) is 6.54 Å². The van der Waals surface area contributed by atoms with Gasteiger partial charge in [-0.3, -0.25) is 0 Å². The molecule has 0 amide bonds. The molecule has 2 N–H and O–H groups in total. The molecule has 0 fully saturated rings. The maximum absolute atomic E-state index is 5.70. The standard InChI is InChI=1S/C10H11NOS/c11-6-9(8-3-5-13-7-8)10-2-1-4-12-10/h1-5,7,9H,6,11H2. The fourth-order valence-electron chi connectivity index (χ4n) is 1.38. The van der Waals surface area contributed by atoms with Gasteiger partial charge in [-0.25, -0.2) is 0 Å². The maximum Gasteiger partial charge on any atom is 0.112 e. The Hall–Kier alpha value is -1.06. The van der Waals surface area contributed by atoms with E-state index >= 15 is 0 Å². The van der Waals surface area contributed by atoms with Gasteiger partial charge in [0.05, 0.1) is 12.2 Å². The summed E-state index contributed by atoms with van der Waals surface area (Å²) >= 11 is 1.68. The summed E-state index contributed by atoms with van der Waals surface area (Å²) in [4.78, 5) is 0. The third-order valence-electron chi connectivity index (χ3n) is 2.07. The second-order valence-electron chi connectivity index (χ2n) is 2.86. The summed E-state index contributed by atoms with van der Waals surface area (Å²) < 4.78 is 5.33. The van der Waals surface area contributed by atoms with Crippen LogP contribution >= 0.6 is 11.3 Å². The molecule has 0 aliphatic rings. The Labute approximate surface area is 81.0 Å². The van der Waals surface area contributed by atoms with Gasteiger partial charge in [0.2, 0.25) is 0 Å². The van der Waals surface area contributed by atoms with Crippen molar-refractivity contribution in [3.05, 3.63) is 46.5 Å². The first-order chi connectivity index (χ1) is 6.42. The average Bonchev–Trinajstić information content (AvgIpc) is 2.76. The van der Waals surface area contributed by atoms with E-state index in [1.807, 2.05) is 12.1 Å². The molecule has 0 radical (unpaired) electrons. The topological polar surface area (TPSA) is 39.2 Å². The predicted molar refractivity (Wildman–Crippen MR) is 53.9 cm³/mol. The van der Waals surface area contributed by atoms with Crippen LogP contribution < -0.4 is 5.73 Å². The van der Waals surface area contributed by atoms with Crippen LogP contribution in [0.3, 0.4) is 0 Å². The van der Waals surface area contributed by atoms with Crippen LogP contribution in [0.2, 0.25) is 0 Å². The van der Waals surface area contributed by atoms with E-state index in [-0.39, 0.29) is 5.92 Å². The summed E-state index contributed by atoms with van der Waals surface area (Å²) in [6, 6.07) is 5.95. The Morgan fingerprint density at radius 1 is 1.46 bits per heavy atom. The lowest BCUT2D eigenvalue weighted by atomic mass is 10.00. The number of rotatable bonds is 3. The molecule has 0 aliphatic heterocycles. The van der Waals surface area contributed by atoms with Crippen molar-refractivity contribution < 1.29 is 4.42 Å². The number of furan rings is 1. The molecule has 0 saturated heterocycles. The fraction of sp³-hybridized carbons (Fsp3) is 0.200. The van der Waals surface area contributed by atoms with E-state index in [0.717, 1.165) is 5.76 Å². The van der Waals surface area contributed by atoms with Gasteiger partial charge in [-0.2, -0.15) is 11.3 Å². The van der Waals surface area contributed by atoms with Crippen molar-refractivity contribution in [2.75, 3.05) is 6.54 Å². The molecule has 1 unspecified atom stereocenters. The molecule has 0 aromatic carbocycles. The lowest BCUT2D eigenvalue weighted by Crippen LogP contribution is -2.12. The Bertz CT molecular complexity index is 305. The maximum atomic E-state index is 5.70. The van der Waals surface area contributed by atoms with Gasteiger partial charge < -0.3 is 10.2 Å². The Morgan fingerprint density at radius 2 is 2.38 bits per heavy atom. The number of nitrogens with two attached hydrogens (primary N) is 1. The molecule has 0 aliphatic carbocycles. The highest BCUT2D eigenvalue weighted by molar-refractivity contribution is 7.08. The first-order valence-corrected chi connectivity index (χ1v) is 5.11. The van der Waals surface area contributed by atoms with Gasteiger partial charge in [0, 0.05) is 6.54 Å². The summed E-state index contributed by atoms with van der Waals surface area (Å²) in [5.41, 5.74) is 6.94. The second kappa shape index (κ2) is 3.77. The first kappa shape index (κ1) is 8.53. The Morgan fingerprint density at radius 3 is 2.92 bits per heavy atom. The molecule has 13 heavy (non-hydrogen) atoms. The lowest BCUT2D eigenvalue weighted by molar-refractivity contribution is 0.488. The molecule has 2 rings (SSSR count). The van der Waals surface area contributed by atoms with Gasteiger partial charge in [-0.15, -0.1) is 0 Å². The summed E-state index contributed by atoms with van der Waals surface area (Å²) in [7, 11) is 0. The minimum absolute atomic E-state index is 0.209. The molecule has 0 spiro atoms. The average molecular weight is 193 g/mol. The smallest absolute Gasteiger partial charge is 0.112 e. The van der Waals surface area contributed by atoms with Crippen molar-refractivity contribution in [2.45, 2.75) is 5.92 Å². The second-order valence-corrected chi connectivity index (χ2v) is 3.64. The van der Waals surface area contributed by atoms with E-state index in [4.69, 9.17) is 10.2 Å². The SMILES string of the molecule is NCC(c1ccsc1)c1ccco1. The summed E-state index contributed by atoms with van der Waals surface area (Å²) in [5.74, 6) is 1.15. The molecule has 3 heteroatoms. The first-order valence-electron chi connectivity index (χ1n) is 4.17. The van der Waals surface area contributed by atoms with Crippen LogP contribution in [0.1, 0.15) is 17.2 Å². The van der Waals surface area contributed by atoms with Gasteiger partial charge in [0.1, 0.15) is 5.76 Å². The lowest BCUT2D eigenvalue weighted by Gasteiger charge is -2.09. The molecule has 2 aromatic heterocycles. The fourth-order valence-corrected chi connectivity index (χ4v) is 2.09. The molecular formula is C10H11NOS. The van der Waals surface area contributed by atoms with Crippen LogP contribution in [0.15, 0.2) is 39.6 Å². The van der Waals surface area contributed by atoms with Crippen LogP contribution in [0.4, 0.5) is 0 Å². The van der Waals surface area contributed by atoms with Gasteiger partial charge in [-0.1, -0.05) is 0 Å². The number of hydrogen-bond acceptors (Lipinski definition) is 3. The van der Waals surface area contributed by atoms with Crippen LogP contribution in [0, 0.1) is 0 Å². The number of thiophene rings is 1. The van der Waals surface area contributed by atoms with Crippen LogP contribution in [0.25, 0.3) is 0 Å². The molecule has 0 saturated carbocycles. The van der Waals surface area contributed by atoms with Gasteiger partial charge in [0.25, 0.3) is 0 Å². The highest BCUT2D eigenvalue weighted by Crippen LogP contribution is 2.25. The van der Waals surface area contributed by atoms with Gasteiger partial charge in [-0.05, 0) is 34.5 Å². The van der Waals surface area contributed by atoms with E-state index in [9.17, 15) is 0 Å². The Kier molecular flexibility index (Phi) is 2.47. The largest absolute Gasteiger partial charge is 0.469 e. The van der Waals surface area contributed by atoms with E-state index < -0.39 is 0 Å². The molecule has 2 aromatic rings. The van der Waals surface area contributed by atoms with Gasteiger partial charge in [0.15, 0.2) is 0 Å². The highest BCUT2D eigenvalue weighted by Gasteiger charge is 2.14. The molecular weight excluding hydrogens is 182 g/mol. The van der Waals surface area contributed by atoms with Crippen LogP contribution in [-0.4, -0.2) is 6.54 Å². The van der Waals surface area contributed by atoms with Crippen molar-refractivity contribution in [3.8, 4) is 0 Å². The predicted octanol–water partition coefficient (Wildman–Crippen LogP) is 2.43. The summed E-state index contributed by atoms with van der Waals surface area (Å²) in [6.45, 7) is 0.588. The molecule has 68 valence electrons. The van der Waals surface area contributed by atoms with Crippen molar-refractivity contribution in [1.82, 2.24) is 0 Å². The minimum Gasteiger partial charge on any atom is -0.469 e. The number of hydrogen-bond donors (Lipinski definition) is 1. The van der Waals surface area contributed by atoms with Crippen molar-refractivity contribution in [2.24, 2.45) is 5.73 Å². The third-order valence-corrected chi connectivity index (χ3v) is 2.77. The highest BCUT2D eigenvalue weighted by atomic mass is 32.1. The molecule has 0 bridgehead atoms. The summed E-state index contributed by atoms with van der Waals surface area (Å²) in [5, 5.41) is 4.17. The zero-order valence-electron chi connectivity index (χ0n) is 7.14. The third kappa shape index (κ3) is 1.66. The minimum atomic E-state index is 0.209. The van der Waals surface area contributed by atoms with Crippen molar-refractivity contribution in [3.63, 3.8) is 0 Å². The molecule has 2 nitrogen and oxygen atoms in total. The van der Waals surface area contributed by atoms with Crippen LogP contribution in [0.5, 0.6) is 0 Å². The Balaban J connectivity index is 2.29. The zero-order valence-corrected chi connectivity index (χ0v) is 7.96. The van der Waals surface area contributed by atoms with E-state index in [1.54, 1.807) is 17.6 Å². The van der Waals surface area contributed by atoms with Crippen molar-refractivity contribution in [1.29, 1.82) is 0 Å².